The molecule has 0 bridgehead atoms. The molecule has 2 aromatic rings. The maximum absolute atomic E-state index is 12.6. The fraction of sp³-hybridized carbons (Fsp3) is 0.111. The number of halogens is 1. The number of nitrogens with one attached hydrogen (secondary N) is 1. The van der Waals surface area contributed by atoms with E-state index in [4.69, 9.17) is 21.1 Å². The molecule has 0 atom stereocenters. The topological polar surface area (TPSA) is 88.1 Å². The van der Waals surface area contributed by atoms with Crippen molar-refractivity contribution in [3.63, 3.8) is 0 Å². The first kappa shape index (κ1) is 17.6. The summed E-state index contributed by atoms with van der Waals surface area (Å²) in [5.41, 5.74) is 0.999. The number of urea groups is 1. The highest BCUT2D eigenvalue weighted by Crippen LogP contribution is 2.37. The Labute approximate surface area is 154 Å². The Morgan fingerprint density at radius 1 is 1.08 bits per heavy atom. The van der Waals surface area contributed by atoms with Crippen molar-refractivity contribution in [3.05, 3.63) is 52.7 Å². The smallest absolute Gasteiger partial charge is 0.333 e. The predicted octanol–water partition coefficient (Wildman–Crippen LogP) is 3.16. The number of hydrogen-bond donors (Lipinski definition) is 2. The van der Waals surface area contributed by atoms with Gasteiger partial charge in [0.25, 0.3) is 5.91 Å². The van der Waals surface area contributed by atoms with Gasteiger partial charge in [-0.3, -0.25) is 4.79 Å². The van der Waals surface area contributed by atoms with Gasteiger partial charge in [0.15, 0.2) is 11.5 Å². The lowest BCUT2D eigenvalue weighted by atomic mass is 10.1. The van der Waals surface area contributed by atoms with Crippen LogP contribution in [0.4, 0.5) is 10.5 Å². The van der Waals surface area contributed by atoms with E-state index in [2.05, 4.69) is 5.32 Å². The monoisotopic (exact) mass is 374 g/mol. The van der Waals surface area contributed by atoms with E-state index in [1.165, 1.54) is 32.4 Å². The molecular formula is C18H15ClN2O5. The van der Waals surface area contributed by atoms with Crippen LogP contribution in [0.15, 0.2) is 42.1 Å². The third-order valence-corrected chi connectivity index (χ3v) is 4.03. The molecule has 2 aromatic carbocycles. The third-order valence-electron chi connectivity index (χ3n) is 3.78. The summed E-state index contributed by atoms with van der Waals surface area (Å²) in [6.07, 6.45) is 1.47. The second-order valence-corrected chi connectivity index (χ2v) is 5.82. The van der Waals surface area contributed by atoms with E-state index in [1.807, 2.05) is 0 Å². The molecular weight excluding hydrogens is 360 g/mol. The summed E-state index contributed by atoms with van der Waals surface area (Å²) in [5, 5.41) is 13.0. The van der Waals surface area contributed by atoms with Crippen molar-refractivity contribution >= 4 is 35.3 Å². The molecule has 3 rings (SSSR count). The molecule has 8 heteroatoms. The van der Waals surface area contributed by atoms with E-state index >= 15 is 0 Å². The number of aromatic hydroxyl groups is 1. The summed E-state index contributed by atoms with van der Waals surface area (Å²) < 4.78 is 10.2. The molecule has 0 radical (unpaired) electrons. The molecule has 1 heterocycles. The molecule has 3 amide bonds. The van der Waals surface area contributed by atoms with Crippen LogP contribution in [-0.2, 0) is 4.79 Å². The first-order valence-electron chi connectivity index (χ1n) is 7.52. The number of methoxy groups -OCH3 is 2. The number of imide groups is 1. The van der Waals surface area contributed by atoms with Crippen molar-refractivity contribution in [3.8, 4) is 17.2 Å². The minimum absolute atomic E-state index is 0.0831. The number of nitrogens with zero attached hydrogens (tertiary/aromatic N) is 1. The number of phenols is 1. The van der Waals surface area contributed by atoms with Crippen LogP contribution in [-0.4, -0.2) is 31.3 Å². The van der Waals surface area contributed by atoms with Gasteiger partial charge in [-0.05, 0) is 48.0 Å². The van der Waals surface area contributed by atoms with Crippen molar-refractivity contribution in [2.24, 2.45) is 0 Å². The maximum atomic E-state index is 12.6. The Morgan fingerprint density at radius 2 is 1.65 bits per heavy atom. The zero-order chi connectivity index (χ0) is 18.8. The number of ether oxygens (including phenoxy) is 2. The third kappa shape index (κ3) is 3.16. The maximum Gasteiger partial charge on any atom is 0.333 e. The Hall–Kier alpha value is -3.19. The van der Waals surface area contributed by atoms with Gasteiger partial charge >= 0.3 is 6.03 Å². The summed E-state index contributed by atoms with van der Waals surface area (Å²) in [6.45, 7) is 0. The molecule has 26 heavy (non-hydrogen) atoms. The Bertz CT molecular complexity index is 883. The van der Waals surface area contributed by atoms with E-state index in [9.17, 15) is 14.7 Å². The van der Waals surface area contributed by atoms with Crippen LogP contribution in [0, 0.1) is 0 Å². The highest BCUT2D eigenvalue weighted by atomic mass is 35.5. The summed E-state index contributed by atoms with van der Waals surface area (Å²) in [4.78, 5) is 25.8. The van der Waals surface area contributed by atoms with Crippen LogP contribution in [0.5, 0.6) is 17.2 Å². The van der Waals surface area contributed by atoms with E-state index in [1.54, 1.807) is 24.3 Å². The summed E-state index contributed by atoms with van der Waals surface area (Å²) >= 11 is 5.84. The average molecular weight is 375 g/mol. The van der Waals surface area contributed by atoms with E-state index < -0.39 is 11.9 Å². The number of carbonyl (C=O) groups is 2. The molecule has 1 saturated heterocycles. The second-order valence-electron chi connectivity index (χ2n) is 5.38. The SMILES string of the molecule is COc1cc(/C=C2/NC(=O)N(c3ccc(Cl)cc3)C2=O)cc(OC)c1O. The molecule has 0 aromatic heterocycles. The Morgan fingerprint density at radius 3 is 2.19 bits per heavy atom. The molecule has 1 aliphatic rings. The van der Waals surface area contributed by atoms with Gasteiger partial charge in [-0.1, -0.05) is 11.6 Å². The number of rotatable bonds is 4. The van der Waals surface area contributed by atoms with Crippen molar-refractivity contribution in [1.29, 1.82) is 0 Å². The molecule has 1 fully saturated rings. The minimum Gasteiger partial charge on any atom is -0.502 e. The summed E-state index contributed by atoms with van der Waals surface area (Å²) in [5.74, 6) is -0.296. The van der Waals surface area contributed by atoms with E-state index in [0.29, 0.717) is 16.3 Å². The highest BCUT2D eigenvalue weighted by Gasteiger charge is 2.34. The Kier molecular flexibility index (Phi) is 4.73. The van der Waals surface area contributed by atoms with E-state index in [-0.39, 0.29) is 22.9 Å². The molecule has 7 nitrogen and oxygen atoms in total. The normalized spacial score (nSPS) is 15.3. The predicted molar refractivity (Wildman–Crippen MR) is 96.7 cm³/mol. The highest BCUT2D eigenvalue weighted by molar-refractivity contribution is 6.31. The number of amides is 3. The molecule has 134 valence electrons. The first-order valence-corrected chi connectivity index (χ1v) is 7.90. The van der Waals surface area contributed by atoms with Gasteiger partial charge in [-0.25, -0.2) is 9.69 Å². The number of anilines is 1. The fourth-order valence-corrected chi connectivity index (χ4v) is 2.65. The van der Waals surface area contributed by atoms with Crippen LogP contribution in [0.2, 0.25) is 5.02 Å². The molecule has 0 aliphatic carbocycles. The van der Waals surface area contributed by atoms with Crippen LogP contribution >= 0.6 is 11.6 Å². The Balaban J connectivity index is 1.97. The minimum atomic E-state index is -0.568. The molecule has 0 spiro atoms. The van der Waals surface area contributed by atoms with Gasteiger partial charge in [-0.15, -0.1) is 0 Å². The number of carbonyl (C=O) groups excluding carboxylic acids is 2. The van der Waals surface area contributed by atoms with Crippen LogP contribution < -0.4 is 19.7 Å². The van der Waals surface area contributed by atoms with Gasteiger partial charge in [0.05, 0.1) is 19.9 Å². The van der Waals surface area contributed by atoms with Crippen molar-refractivity contribution in [2.45, 2.75) is 0 Å². The zero-order valence-corrected chi connectivity index (χ0v) is 14.7. The van der Waals surface area contributed by atoms with Gasteiger partial charge in [0, 0.05) is 5.02 Å². The van der Waals surface area contributed by atoms with Gasteiger partial charge in [-0.2, -0.15) is 0 Å². The summed E-state index contributed by atoms with van der Waals surface area (Å²) in [6, 6.07) is 8.82. The lowest BCUT2D eigenvalue weighted by Crippen LogP contribution is -2.30. The molecule has 2 N–H and O–H groups in total. The van der Waals surface area contributed by atoms with Crippen molar-refractivity contribution in [2.75, 3.05) is 19.1 Å². The number of benzene rings is 2. The first-order chi connectivity index (χ1) is 12.4. The summed E-state index contributed by atoms with van der Waals surface area (Å²) in [7, 11) is 2.80. The zero-order valence-electron chi connectivity index (χ0n) is 13.9. The van der Waals surface area contributed by atoms with E-state index in [0.717, 1.165) is 4.90 Å². The largest absolute Gasteiger partial charge is 0.502 e. The second kappa shape index (κ2) is 6.97. The lowest BCUT2D eigenvalue weighted by molar-refractivity contribution is -0.113. The fourth-order valence-electron chi connectivity index (χ4n) is 2.52. The standard InChI is InChI=1S/C18H15ClN2O5/c1-25-14-8-10(9-15(26-2)16(14)22)7-13-17(23)21(18(24)20-13)12-5-3-11(19)4-6-12/h3-9,22H,1-2H3,(H,20,24)/b13-7+. The van der Waals surface area contributed by atoms with Crippen LogP contribution in [0.25, 0.3) is 6.08 Å². The van der Waals surface area contributed by atoms with Crippen molar-refractivity contribution in [1.82, 2.24) is 5.32 Å². The van der Waals surface area contributed by atoms with Gasteiger partial charge in [0.1, 0.15) is 5.70 Å². The number of phenolic OH excluding ortho intramolecular Hbond substituents is 1. The number of hydrogen-bond acceptors (Lipinski definition) is 5. The van der Waals surface area contributed by atoms with Crippen LogP contribution in [0.1, 0.15) is 5.56 Å². The molecule has 0 unspecified atom stereocenters. The van der Waals surface area contributed by atoms with Crippen LogP contribution in [0.3, 0.4) is 0 Å². The lowest BCUT2D eigenvalue weighted by Gasteiger charge is -2.11. The molecule has 1 aliphatic heterocycles. The van der Waals surface area contributed by atoms with Crippen molar-refractivity contribution < 1.29 is 24.2 Å². The average Bonchev–Trinajstić information content (AvgIpc) is 2.90. The van der Waals surface area contributed by atoms with Gasteiger partial charge < -0.3 is 19.9 Å². The quantitative estimate of drug-likeness (QED) is 0.634. The van der Waals surface area contributed by atoms with Gasteiger partial charge in [0.2, 0.25) is 5.75 Å². The molecule has 0 saturated carbocycles.